The lowest BCUT2D eigenvalue weighted by Crippen LogP contribution is -2.41. The third kappa shape index (κ3) is 5.87. The molecule has 3 N–H and O–H groups in total. The van der Waals surface area contributed by atoms with E-state index < -0.39 is 51.6 Å². The number of amides is 1. The standard InChI is InChI=1S/C25H30F3N5O4S/c1-14-8-11-17(37-14)20(24(2,3)4)30-22-21(31-38(36)32-22)29-16-10-9-15(25(26,27)28)18(19(16)34)23(35)33-12-6-5-7-13-33/h8-11,20,34H,5-7,12-13H2,1-4H3,(H,29,31)(H,30,32)/t20-,38?/m0/s1. The maximum atomic E-state index is 13.8. The van der Waals surface area contributed by atoms with E-state index in [9.17, 15) is 27.3 Å². The van der Waals surface area contributed by atoms with Crippen LogP contribution in [0.1, 0.15) is 73.5 Å². The molecule has 0 spiro atoms. The summed E-state index contributed by atoms with van der Waals surface area (Å²) in [5, 5.41) is 16.8. The van der Waals surface area contributed by atoms with Crippen LogP contribution in [0.4, 0.5) is 18.9 Å². The number of rotatable bonds is 4. The van der Waals surface area contributed by atoms with Crippen molar-refractivity contribution in [1.82, 2.24) is 10.2 Å². The molecule has 3 heterocycles. The fraction of sp³-hybridized carbons (Fsp3) is 0.480. The van der Waals surface area contributed by atoms with Crippen LogP contribution in [0.25, 0.3) is 0 Å². The van der Waals surface area contributed by atoms with Crippen molar-refractivity contribution < 1.29 is 31.7 Å². The van der Waals surface area contributed by atoms with Gasteiger partial charge in [0.25, 0.3) is 17.1 Å². The van der Waals surface area contributed by atoms with E-state index in [0.717, 1.165) is 18.6 Å². The number of phenolic OH excluding ortho intramolecular Hbond substituents is 1. The highest BCUT2D eigenvalue weighted by molar-refractivity contribution is 7.83. The van der Waals surface area contributed by atoms with Gasteiger partial charge < -0.3 is 25.1 Å². The summed E-state index contributed by atoms with van der Waals surface area (Å²) < 4.78 is 67.4. The Morgan fingerprint density at radius 3 is 2.32 bits per heavy atom. The molecule has 0 saturated carbocycles. The third-order valence-electron chi connectivity index (χ3n) is 6.35. The van der Waals surface area contributed by atoms with Crippen LogP contribution >= 0.6 is 0 Å². The number of amidine groups is 2. The molecule has 2 aliphatic heterocycles. The van der Waals surface area contributed by atoms with Crippen LogP contribution in [-0.4, -0.2) is 44.9 Å². The quantitative estimate of drug-likeness (QED) is 0.453. The summed E-state index contributed by atoms with van der Waals surface area (Å²) in [5.74, 6) is -0.470. The van der Waals surface area contributed by atoms with Gasteiger partial charge >= 0.3 is 6.18 Å². The van der Waals surface area contributed by atoms with Crippen LogP contribution in [0.3, 0.4) is 0 Å². The molecule has 4 rings (SSSR count). The number of anilines is 1. The van der Waals surface area contributed by atoms with Crippen molar-refractivity contribution in [1.29, 1.82) is 0 Å². The predicted octanol–water partition coefficient (Wildman–Crippen LogP) is 5.12. The van der Waals surface area contributed by atoms with E-state index in [2.05, 4.69) is 19.4 Å². The monoisotopic (exact) mass is 553 g/mol. The Morgan fingerprint density at radius 1 is 1.08 bits per heavy atom. The minimum absolute atomic E-state index is 0.0627. The molecule has 0 aliphatic carbocycles. The maximum Gasteiger partial charge on any atom is 0.417 e. The number of aryl methyl sites for hydroxylation is 1. The maximum absolute atomic E-state index is 13.8. The van der Waals surface area contributed by atoms with Crippen molar-refractivity contribution >= 4 is 34.4 Å². The van der Waals surface area contributed by atoms with Gasteiger partial charge in [-0.25, -0.2) is 4.21 Å². The van der Waals surface area contributed by atoms with Gasteiger partial charge in [-0.1, -0.05) is 20.8 Å². The van der Waals surface area contributed by atoms with Crippen molar-refractivity contribution in [3.63, 3.8) is 0 Å². The van der Waals surface area contributed by atoms with E-state index in [1.807, 2.05) is 20.8 Å². The summed E-state index contributed by atoms with van der Waals surface area (Å²) >= 11 is -2.01. The average molecular weight is 554 g/mol. The minimum Gasteiger partial charge on any atom is -0.505 e. The second-order valence-corrected chi connectivity index (χ2v) is 11.2. The Balaban J connectivity index is 1.67. The Kier molecular flexibility index (Phi) is 7.60. The van der Waals surface area contributed by atoms with E-state index in [1.165, 1.54) is 4.90 Å². The third-order valence-corrected chi connectivity index (χ3v) is 7.03. The summed E-state index contributed by atoms with van der Waals surface area (Å²) in [4.78, 5) is 14.4. The summed E-state index contributed by atoms with van der Waals surface area (Å²) in [6, 6.07) is 4.91. The van der Waals surface area contributed by atoms with Crippen molar-refractivity contribution in [3.05, 3.63) is 46.9 Å². The molecule has 0 bridgehead atoms. The average Bonchev–Trinajstić information content (AvgIpc) is 3.41. The zero-order valence-electron chi connectivity index (χ0n) is 21.5. The van der Waals surface area contributed by atoms with Gasteiger partial charge in [0, 0.05) is 13.1 Å². The number of halogens is 3. The molecular formula is C25H30F3N5O4S. The molecule has 2 aliphatic rings. The number of hydrogen-bond donors (Lipinski definition) is 3. The van der Waals surface area contributed by atoms with Gasteiger partial charge in [-0.05, 0) is 55.9 Å². The molecule has 1 unspecified atom stereocenters. The molecule has 2 atom stereocenters. The zero-order valence-corrected chi connectivity index (χ0v) is 22.3. The van der Waals surface area contributed by atoms with Crippen LogP contribution in [-0.2, 0) is 17.3 Å². The Morgan fingerprint density at radius 2 is 1.74 bits per heavy atom. The van der Waals surface area contributed by atoms with E-state index in [0.29, 0.717) is 37.5 Å². The van der Waals surface area contributed by atoms with Crippen LogP contribution in [0.15, 0.2) is 37.5 Å². The highest BCUT2D eigenvalue weighted by Crippen LogP contribution is 2.41. The molecule has 206 valence electrons. The number of nitrogens with one attached hydrogen (secondary N) is 2. The lowest BCUT2D eigenvalue weighted by molar-refractivity contribution is -0.138. The molecule has 1 fully saturated rings. The number of benzene rings is 1. The summed E-state index contributed by atoms with van der Waals surface area (Å²) in [5.41, 5.74) is -2.67. The van der Waals surface area contributed by atoms with Gasteiger partial charge in [0.05, 0.1) is 22.9 Å². The molecule has 1 aromatic heterocycles. The number of alkyl halides is 3. The van der Waals surface area contributed by atoms with E-state index in [4.69, 9.17) is 4.42 Å². The number of aromatic hydroxyl groups is 1. The normalized spacial score (nSPS) is 19.1. The number of phenols is 1. The number of furan rings is 1. The fourth-order valence-corrected chi connectivity index (χ4v) is 5.05. The summed E-state index contributed by atoms with van der Waals surface area (Å²) in [6.45, 7) is 8.29. The zero-order chi connectivity index (χ0) is 27.8. The number of likely N-dealkylation sites (tertiary alicyclic amines) is 1. The molecule has 9 nitrogen and oxygen atoms in total. The Bertz CT molecular complexity index is 1310. The fourth-order valence-electron chi connectivity index (χ4n) is 4.43. The topological polar surface area (TPSA) is 120 Å². The molecule has 1 aromatic carbocycles. The highest BCUT2D eigenvalue weighted by Gasteiger charge is 2.39. The first-order valence-corrected chi connectivity index (χ1v) is 13.2. The molecule has 38 heavy (non-hydrogen) atoms. The van der Waals surface area contributed by atoms with Crippen molar-refractivity contribution in [2.75, 3.05) is 18.4 Å². The molecule has 1 saturated heterocycles. The number of carbonyl (C=O) groups is 1. The minimum atomic E-state index is -4.86. The number of nitrogens with zero attached hydrogens (tertiary/aromatic N) is 3. The van der Waals surface area contributed by atoms with Gasteiger partial charge in [0.2, 0.25) is 0 Å². The Labute approximate surface area is 220 Å². The van der Waals surface area contributed by atoms with Crippen LogP contribution in [0.5, 0.6) is 5.75 Å². The number of hydrogen-bond acceptors (Lipinski definition) is 6. The summed E-state index contributed by atoms with van der Waals surface area (Å²) in [7, 11) is 0. The van der Waals surface area contributed by atoms with Crippen LogP contribution < -0.4 is 10.6 Å². The smallest absolute Gasteiger partial charge is 0.417 e. The van der Waals surface area contributed by atoms with E-state index in [-0.39, 0.29) is 17.4 Å². The van der Waals surface area contributed by atoms with Gasteiger partial charge in [0.15, 0.2) is 17.4 Å². The number of piperidine rings is 1. The second kappa shape index (κ2) is 10.4. The van der Waals surface area contributed by atoms with Gasteiger partial charge in [-0.15, -0.1) is 8.80 Å². The van der Waals surface area contributed by atoms with Gasteiger partial charge in [-0.3, -0.25) is 4.79 Å². The molecule has 0 radical (unpaired) electrons. The Hall–Kier alpha value is -3.35. The first-order chi connectivity index (χ1) is 17.8. The lowest BCUT2D eigenvalue weighted by Gasteiger charge is -2.31. The predicted molar refractivity (Wildman–Crippen MR) is 138 cm³/mol. The first-order valence-electron chi connectivity index (χ1n) is 12.2. The van der Waals surface area contributed by atoms with E-state index in [1.54, 1.807) is 19.1 Å². The largest absolute Gasteiger partial charge is 0.505 e. The van der Waals surface area contributed by atoms with E-state index >= 15 is 0 Å². The van der Waals surface area contributed by atoms with Gasteiger partial charge in [0.1, 0.15) is 11.5 Å². The van der Waals surface area contributed by atoms with Crippen LogP contribution in [0, 0.1) is 12.3 Å². The lowest BCUT2D eigenvalue weighted by atomic mass is 9.85. The van der Waals surface area contributed by atoms with Gasteiger partial charge in [-0.2, -0.15) is 13.2 Å². The first kappa shape index (κ1) is 27.7. The second-order valence-electron chi connectivity index (χ2n) is 10.4. The SMILES string of the molecule is Cc1ccc([C@H](NC2=NS(=O)N=C2Nc2ccc(C(F)(F)F)c(C(=O)N3CCCCC3)c2O)C(C)(C)C)o1. The van der Waals surface area contributed by atoms with Crippen molar-refractivity contribution in [3.8, 4) is 5.75 Å². The molecule has 1 amide bonds. The van der Waals surface area contributed by atoms with Crippen LogP contribution in [0.2, 0.25) is 0 Å². The van der Waals surface area contributed by atoms with Crippen molar-refractivity contribution in [2.45, 2.75) is 59.2 Å². The molecule has 2 aromatic rings. The molecular weight excluding hydrogens is 523 g/mol. The van der Waals surface area contributed by atoms with Crippen molar-refractivity contribution in [2.24, 2.45) is 14.2 Å². The summed E-state index contributed by atoms with van der Waals surface area (Å²) in [6.07, 6.45) is -2.64. The number of carbonyl (C=O) groups excluding carboxylic acids is 1. The molecule has 13 heteroatoms. The highest BCUT2D eigenvalue weighted by atomic mass is 32.2.